The van der Waals surface area contributed by atoms with Crippen molar-refractivity contribution in [3.05, 3.63) is 28.0 Å². The van der Waals surface area contributed by atoms with Gasteiger partial charge in [-0.3, -0.25) is 0 Å². The predicted molar refractivity (Wildman–Crippen MR) is 47.1 cm³/mol. The lowest BCUT2D eigenvalue weighted by molar-refractivity contribution is -0.138. The number of alkyl halides is 5. The summed E-state index contributed by atoms with van der Waals surface area (Å²) in [4.78, 5) is 2.99. The number of halogens is 6. The minimum atomic E-state index is -4.76. The highest BCUT2D eigenvalue weighted by molar-refractivity contribution is 6.30. The topological polar surface area (TPSA) is 38.9 Å². The Morgan fingerprint density at radius 3 is 2.31 bits per heavy atom. The molecule has 0 fully saturated rings. The Hall–Kier alpha value is -0.950. The van der Waals surface area contributed by atoms with Crippen molar-refractivity contribution in [2.24, 2.45) is 5.73 Å². The van der Waals surface area contributed by atoms with Crippen LogP contribution in [0.25, 0.3) is 0 Å². The minimum Gasteiger partial charge on any atom is -0.326 e. The molecule has 0 aliphatic heterocycles. The summed E-state index contributed by atoms with van der Waals surface area (Å²) in [5.41, 5.74) is 2.47. The Labute approximate surface area is 92.2 Å². The normalized spacial score (nSPS) is 12.2. The van der Waals surface area contributed by atoms with E-state index in [1.54, 1.807) is 0 Å². The fourth-order valence-corrected chi connectivity index (χ4v) is 1.48. The first kappa shape index (κ1) is 13.1. The zero-order chi connectivity index (χ0) is 12.5. The fourth-order valence-electron chi connectivity index (χ4n) is 1.16. The highest BCUT2D eigenvalue weighted by Crippen LogP contribution is 2.37. The second kappa shape index (κ2) is 4.50. The summed E-state index contributed by atoms with van der Waals surface area (Å²) < 4.78 is 61.9. The highest BCUT2D eigenvalue weighted by Gasteiger charge is 2.37. The lowest BCUT2D eigenvalue weighted by Gasteiger charge is -2.14. The Kier molecular flexibility index (Phi) is 3.69. The quantitative estimate of drug-likeness (QED) is 0.655. The van der Waals surface area contributed by atoms with Crippen LogP contribution >= 0.6 is 11.6 Å². The summed E-state index contributed by atoms with van der Waals surface area (Å²) in [5.74, 6) is 0. The van der Waals surface area contributed by atoms with Gasteiger partial charge in [-0.1, -0.05) is 11.6 Å². The molecule has 8 heteroatoms. The molecule has 0 unspecified atom stereocenters. The van der Waals surface area contributed by atoms with Crippen molar-refractivity contribution in [1.82, 2.24) is 4.98 Å². The van der Waals surface area contributed by atoms with Gasteiger partial charge in [-0.05, 0) is 11.6 Å². The molecule has 1 rings (SSSR count). The van der Waals surface area contributed by atoms with E-state index in [1.165, 1.54) is 0 Å². The summed E-state index contributed by atoms with van der Waals surface area (Å²) >= 11 is 5.22. The molecule has 0 aromatic carbocycles. The van der Waals surface area contributed by atoms with E-state index in [0.29, 0.717) is 6.07 Å². The zero-order valence-electron chi connectivity index (χ0n) is 7.65. The van der Waals surface area contributed by atoms with Gasteiger partial charge >= 0.3 is 6.18 Å². The average Bonchev–Trinajstić information content (AvgIpc) is 2.14. The summed E-state index contributed by atoms with van der Waals surface area (Å²) in [6.07, 6.45) is -7.76. The van der Waals surface area contributed by atoms with Crippen molar-refractivity contribution in [2.75, 3.05) is 0 Å². The fraction of sp³-hybridized carbons (Fsp3) is 0.375. The van der Waals surface area contributed by atoms with Crippen LogP contribution in [-0.2, 0) is 12.7 Å². The van der Waals surface area contributed by atoms with Gasteiger partial charge in [-0.25, -0.2) is 13.8 Å². The minimum absolute atomic E-state index is 0.497. The number of hydrogen-bond acceptors (Lipinski definition) is 2. The van der Waals surface area contributed by atoms with Gasteiger partial charge in [0, 0.05) is 6.54 Å². The molecule has 0 atom stereocenters. The van der Waals surface area contributed by atoms with Crippen molar-refractivity contribution < 1.29 is 22.0 Å². The lowest BCUT2D eigenvalue weighted by atomic mass is 10.1. The molecule has 1 aromatic heterocycles. The molecule has 2 N–H and O–H groups in total. The van der Waals surface area contributed by atoms with Crippen LogP contribution in [0.2, 0.25) is 5.15 Å². The van der Waals surface area contributed by atoms with Gasteiger partial charge in [-0.2, -0.15) is 13.2 Å². The second-order valence-electron chi connectivity index (χ2n) is 2.87. The molecule has 1 heterocycles. The molecule has 0 radical (unpaired) electrons. The molecule has 0 saturated heterocycles. The maximum atomic E-state index is 12.5. The van der Waals surface area contributed by atoms with Gasteiger partial charge < -0.3 is 5.73 Å². The van der Waals surface area contributed by atoms with E-state index >= 15 is 0 Å². The number of aromatic nitrogens is 1. The van der Waals surface area contributed by atoms with Crippen LogP contribution in [0.15, 0.2) is 6.07 Å². The van der Waals surface area contributed by atoms with Crippen LogP contribution in [0.4, 0.5) is 22.0 Å². The Balaban J connectivity index is 3.41. The Bertz CT molecular complexity index is 391. The van der Waals surface area contributed by atoms with Crippen LogP contribution in [-0.4, -0.2) is 4.98 Å². The third-order valence-corrected chi connectivity index (χ3v) is 2.08. The van der Waals surface area contributed by atoms with Crippen molar-refractivity contribution in [2.45, 2.75) is 19.1 Å². The molecule has 0 saturated carbocycles. The molecular formula is C8H6ClF5N2. The molecular weight excluding hydrogens is 255 g/mol. The van der Waals surface area contributed by atoms with Crippen molar-refractivity contribution >= 4 is 11.6 Å². The van der Waals surface area contributed by atoms with Crippen LogP contribution < -0.4 is 5.73 Å². The third-order valence-electron chi connectivity index (χ3n) is 1.80. The van der Waals surface area contributed by atoms with Crippen molar-refractivity contribution in [1.29, 1.82) is 0 Å². The summed E-state index contributed by atoms with van der Waals surface area (Å²) in [7, 11) is 0. The Morgan fingerprint density at radius 2 is 1.94 bits per heavy atom. The number of pyridine rings is 1. The average molecular weight is 261 g/mol. The first-order valence-electron chi connectivity index (χ1n) is 4.02. The molecule has 0 aliphatic carbocycles. The first-order valence-corrected chi connectivity index (χ1v) is 4.40. The second-order valence-corrected chi connectivity index (χ2v) is 3.23. The maximum absolute atomic E-state index is 12.5. The highest BCUT2D eigenvalue weighted by atomic mass is 35.5. The van der Waals surface area contributed by atoms with Gasteiger partial charge in [0.15, 0.2) is 0 Å². The monoisotopic (exact) mass is 260 g/mol. The summed E-state index contributed by atoms with van der Waals surface area (Å²) in [5, 5.41) is -1.01. The molecule has 0 aliphatic rings. The zero-order valence-corrected chi connectivity index (χ0v) is 8.41. The predicted octanol–water partition coefficient (Wildman–Crippen LogP) is 3.15. The molecule has 16 heavy (non-hydrogen) atoms. The van der Waals surface area contributed by atoms with Gasteiger partial charge in [0.2, 0.25) is 0 Å². The molecule has 1 aromatic rings. The van der Waals surface area contributed by atoms with Crippen molar-refractivity contribution in [3.63, 3.8) is 0 Å². The van der Waals surface area contributed by atoms with Gasteiger partial charge in [0.25, 0.3) is 6.43 Å². The van der Waals surface area contributed by atoms with E-state index in [9.17, 15) is 22.0 Å². The third kappa shape index (κ3) is 2.59. The first-order chi connectivity index (χ1) is 7.27. The molecule has 90 valence electrons. The summed E-state index contributed by atoms with van der Waals surface area (Å²) in [6.45, 7) is -0.545. The van der Waals surface area contributed by atoms with E-state index in [4.69, 9.17) is 17.3 Å². The van der Waals surface area contributed by atoms with Crippen LogP contribution in [0.1, 0.15) is 23.2 Å². The lowest BCUT2D eigenvalue weighted by Crippen LogP contribution is -2.15. The van der Waals surface area contributed by atoms with Crippen LogP contribution in [0.5, 0.6) is 0 Å². The summed E-state index contributed by atoms with van der Waals surface area (Å²) in [6, 6.07) is 0.610. The number of hydrogen-bond donors (Lipinski definition) is 1. The molecule has 2 nitrogen and oxygen atoms in total. The van der Waals surface area contributed by atoms with E-state index in [-0.39, 0.29) is 0 Å². The van der Waals surface area contributed by atoms with Crippen LogP contribution in [0.3, 0.4) is 0 Å². The van der Waals surface area contributed by atoms with Gasteiger partial charge in [0.1, 0.15) is 10.8 Å². The number of nitrogens with two attached hydrogens (primary N) is 1. The SMILES string of the molecule is NCc1cc(C(F)F)nc(Cl)c1C(F)(F)F. The van der Waals surface area contributed by atoms with Gasteiger partial charge in [-0.15, -0.1) is 0 Å². The van der Waals surface area contributed by atoms with E-state index in [2.05, 4.69) is 4.98 Å². The number of rotatable bonds is 2. The molecule has 0 amide bonds. The standard InChI is InChI=1S/C8H6ClF5N2/c9-6-5(8(12,13)14)3(2-15)1-4(16-6)7(10)11/h1,7H,2,15H2. The molecule has 0 spiro atoms. The van der Waals surface area contributed by atoms with Gasteiger partial charge in [0.05, 0.1) is 5.56 Å². The van der Waals surface area contributed by atoms with E-state index in [1.807, 2.05) is 0 Å². The largest absolute Gasteiger partial charge is 0.419 e. The molecule has 0 bridgehead atoms. The van der Waals surface area contributed by atoms with Crippen molar-refractivity contribution in [3.8, 4) is 0 Å². The number of nitrogens with zero attached hydrogens (tertiary/aromatic N) is 1. The van der Waals surface area contributed by atoms with E-state index in [0.717, 1.165) is 0 Å². The van der Waals surface area contributed by atoms with Crippen LogP contribution in [0, 0.1) is 0 Å². The maximum Gasteiger partial charge on any atom is 0.419 e. The Morgan fingerprint density at radius 1 is 1.38 bits per heavy atom. The smallest absolute Gasteiger partial charge is 0.326 e. The van der Waals surface area contributed by atoms with E-state index < -0.39 is 41.1 Å².